The van der Waals surface area contributed by atoms with Gasteiger partial charge >= 0.3 is 5.97 Å². The Kier molecular flexibility index (Phi) is 9.09. The van der Waals surface area contributed by atoms with Crippen molar-refractivity contribution < 1.29 is 37.3 Å². The van der Waals surface area contributed by atoms with Gasteiger partial charge in [0.05, 0.1) is 84.0 Å². The maximum absolute atomic E-state index is 16.7. The molecule has 5 aromatic rings. The Balaban J connectivity index is 1.25. The Morgan fingerprint density at radius 3 is 2.56 bits per heavy atom. The van der Waals surface area contributed by atoms with Crippen LogP contribution in [0.25, 0.3) is 22.0 Å². The van der Waals surface area contributed by atoms with Crippen LogP contribution < -0.4 is 24.0 Å². The molecule has 268 valence electrons. The monoisotopic (exact) mass is 725 g/mol. The lowest BCUT2D eigenvalue weighted by Crippen LogP contribution is -2.56. The largest absolute Gasteiger partial charge is 0.755 e. The molecule has 0 spiro atoms. The topological polar surface area (TPSA) is 153 Å². The molecule has 1 atom stereocenters. The van der Waals surface area contributed by atoms with E-state index < -0.39 is 23.1 Å². The third-order valence-electron chi connectivity index (χ3n) is 9.73. The van der Waals surface area contributed by atoms with Crippen molar-refractivity contribution in [2.75, 3.05) is 67.6 Å². The number of ether oxygens (including phenoxy) is 3. The third kappa shape index (κ3) is 6.36. The first-order valence-electron chi connectivity index (χ1n) is 16.8. The molecule has 52 heavy (non-hydrogen) atoms. The quantitative estimate of drug-likeness (QED) is 0.180. The molecular formula is C37H34FN6O7S-. The second kappa shape index (κ2) is 14.0. The van der Waals surface area contributed by atoms with Crippen molar-refractivity contribution in [1.29, 1.82) is 0 Å². The van der Waals surface area contributed by atoms with Crippen LogP contribution in [0.15, 0.2) is 73.2 Å². The Morgan fingerprint density at radius 1 is 1.08 bits per heavy atom. The van der Waals surface area contributed by atoms with E-state index >= 15 is 4.39 Å². The van der Waals surface area contributed by atoms with Crippen molar-refractivity contribution in [3.63, 3.8) is 0 Å². The van der Waals surface area contributed by atoms with Crippen LogP contribution in [0.1, 0.15) is 15.9 Å². The molecular weight excluding hydrogens is 692 g/mol. The van der Waals surface area contributed by atoms with E-state index in [1.165, 1.54) is 25.4 Å². The van der Waals surface area contributed by atoms with E-state index in [9.17, 15) is 18.7 Å². The molecule has 2 N–H and O–H groups in total. The van der Waals surface area contributed by atoms with Gasteiger partial charge < -0.3 is 34.1 Å². The number of carbonyl (C=O) groups is 1. The number of methoxy groups -OCH3 is 1. The Bertz CT molecular complexity index is 2190. The van der Waals surface area contributed by atoms with Crippen LogP contribution in [-0.2, 0) is 22.4 Å². The summed E-state index contributed by atoms with van der Waals surface area (Å²) in [5.74, 6) is -0.676. The van der Waals surface area contributed by atoms with Gasteiger partial charge in [-0.1, -0.05) is 0 Å². The molecule has 2 aromatic heterocycles. The average Bonchev–Trinajstić information content (AvgIpc) is 3.61. The minimum absolute atomic E-state index is 0.00488. The molecule has 0 bridgehead atoms. The number of aromatic nitrogens is 2. The summed E-state index contributed by atoms with van der Waals surface area (Å²) >= 11 is -2.89. The van der Waals surface area contributed by atoms with Crippen LogP contribution in [0, 0.1) is 5.82 Å². The summed E-state index contributed by atoms with van der Waals surface area (Å²) in [5, 5.41) is 13.4. The van der Waals surface area contributed by atoms with Gasteiger partial charge in [-0.25, -0.2) is 9.18 Å². The fourth-order valence-electron chi connectivity index (χ4n) is 6.95. The molecule has 3 aliphatic heterocycles. The van der Waals surface area contributed by atoms with E-state index in [2.05, 4.69) is 25.1 Å². The summed E-state index contributed by atoms with van der Waals surface area (Å²) in [4.78, 5) is 25.8. The molecule has 0 amide bonds. The van der Waals surface area contributed by atoms with Crippen molar-refractivity contribution in [3.05, 3.63) is 90.1 Å². The van der Waals surface area contributed by atoms with Gasteiger partial charge in [-0.2, -0.15) is 0 Å². The fraction of sp³-hybridized carbons (Fsp3) is 0.270. The van der Waals surface area contributed by atoms with Gasteiger partial charge in [0.1, 0.15) is 17.3 Å². The maximum atomic E-state index is 16.7. The highest BCUT2D eigenvalue weighted by Gasteiger charge is 2.30. The minimum Gasteiger partial charge on any atom is -0.755 e. The number of carboxylic acids is 1. The smallest absolute Gasteiger partial charge is 0.335 e. The summed E-state index contributed by atoms with van der Waals surface area (Å²) in [6, 6.07) is 14.6. The van der Waals surface area contributed by atoms with E-state index in [4.69, 9.17) is 14.2 Å². The average molecular weight is 726 g/mol. The van der Waals surface area contributed by atoms with E-state index in [0.29, 0.717) is 79.4 Å². The zero-order chi connectivity index (χ0) is 35.9. The molecule has 13 nitrogen and oxygen atoms in total. The summed E-state index contributed by atoms with van der Waals surface area (Å²) < 4.78 is 60.1. The van der Waals surface area contributed by atoms with Gasteiger partial charge in [0.25, 0.3) is 0 Å². The van der Waals surface area contributed by atoms with Crippen molar-refractivity contribution in [2.45, 2.75) is 12.5 Å². The highest BCUT2D eigenvalue weighted by atomic mass is 32.2. The summed E-state index contributed by atoms with van der Waals surface area (Å²) in [6.45, 7) is 4.83. The van der Waals surface area contributed by atoms with Crippen LogP contribution in [0.5, 0.6) is 11.5 Å². The molecule has 0 radical (unpaired) electrons. The Labute approximate surface area is 301 Å². The van der Waals surface area contributed by atoms with Crippen molar-refractivity contribution in [2.24, 2.45) is 0 Å². The number of benzene rings is 3. The molecule has 3 aliphatic rings. The molecule has 15 heteroatoms. The van der Waals surface area contributed by atoms with Crippen molar-refractivity contribution in [3.8, 4) is 22.6 Å². The van der Waals surface area contributed by atoms with Crippen molar-refractivity contribution >= 4 is 56.6 Å². The highest BCUT2D eigenvalue weighted by Crippen LogP contribution is 2.44. The molecule has 3 aromatic carbocycles. The number of pyridine rings is 2. The maximum Gasteiger partial charge on any atom is 0.335 e. The van der Waals surface area contributed by atoms with Gasteiger partial charge in [-0.3, -0.25) is 23.4 Å². The predicted octanol–water partition coefficient (Wildman–Crippen LogP) is 5.27. The van der Waals surface area contributed by atoms with Gasteiger partial charge in [0, 0.05) is 67.5 Å². The van der Waals surface area contributed by atoms with E-state index in [1.807, 2.05) is 0 Å². The second-order valence-corrected chi connectivity index (χ2v) is 13.6. The number of hydrogen-bond donors (Lipinski definition) is 2. The molecule has 1 unspecified atom stereocenters. The summed E-state index contributed by atoms with van der Waals surface area (Å²) in [7, 11) is 1.50. The molecule has 5 heterocycles. The number of halogens is 1. The number of carboxylic acid groups (broad SMARTS) is 1. The van der Waals surface area contributed by atoms with E-state index in [1.54, 1.807) is 54.9 Å². The standard InChI is InChI=1S/C37H35FN6O7S/c1-49-29-4-2-26(3-5-29)44(52(47)48)33-19-40-32-15-23(30-18-39-17-22-6-11-51-36(22)30)14-31(38)34(32)35(33)41-25-12-24(37(45)46)13-27(16-25)42-7-9-43(10-8-42)28-20-50-21-28/h2-5,12-19,28H,6-11,20-21H2,1H3,(H,40,41)(H,45,46)(H,47,48)/p-1. The Hall–Kier alpha value is -5.35. The lowest BCUT2D eigenvalue weighted by Gasteiger charge is -2.43. The molecule has 8 rings (SSSR count). The fourth-order valence-corrected chi connectivity index (χ4v) is 7.54. The minimum atomic E-state index is -2.89. The van der Waals surface area contributed by atoms with Gasteiger partial charge in [-0.05, 0) is 60.2 Å². The van der Waals surface area contributed by atoms with Gasteiger partial charge in [0.2, 0.25) is 0 Å². The molecule has 0 saturated carbocycles. The third-order valence-corrected chi connectivity index (χ3v) is 10.4. The van der Waals surface area contributed by atoms with Gasteiger partial charge in [-0.15, -0.1) is 0 Å². The normalized spacial score (nSPS) is 16.6. The number of anilines is 5. The first-order chi connectivity index (χ1) is 25.3. The van der Waals surface area contributed by atoms with E-state index in [-0.39, 0.29) is 33.5 Å². The van der Waals surface area contributed by atoms with Crippen LogP contribution >= 0.6 is 0 Å². The first kappa shape index (κ1) is 33.8. The van der Waals surface area contributed by atoms with Crippen LogP contribution in [0.4, 0.5) is 32.8 Å². The number of nitrogens with zero attached hydrogens (tertiary/aromatic N) is 5. The number of nitrogens with one attached hydrogen (secondary N) is 1. The zero-order valence-electron chi connectivity index (χ0n) is 28.1. The highest BCUT2D eigenvalue weighted by molar-refractivity contribution is 7.81. The van der Waals surface area contributed by atoms with Crippen LogP contribution in [0.2, 0.25) is 0 Å². The molecule has 0 aliphatic carbocycles. The summed E-state index contributed by atoms with van der Waals surface area (Å²) in [6.07, 6.45) is 5.39. The molecule has 2 fully saturated rings. The predicted molar refractivity (Wildman–Crippen MR) is 193 cm³/mol. The zero-order valence-corrected chi connectivity index (χ0v) is 28.9. The number of aromatic carboxylic acids is 1. The number of rotatable bonds is 10. The van der Waals surface area contributed by atoms with Gasteiger partial charge in [0.15, 0.2) is 0 Å². The van der Waals surface area contributed by atoms with Crippen LogP contribution in [-0.4, -0.2) is 93.9 Å². The van der Waals surface area contributed by atoms with Crippen LogP contribution in [0.3, 0.4) is 0 Å². The second-order valence-electron chi connectivity index (χ2n) is 12.8. The first-order valence-corrected chi connectivity index (χ1v) is 17.8. The lowest BCUT2D eigenvalue weighted by atomic mass is 10.0. The number of fused-ring (bicyclic) bond motifs is 2. The number of piperazine rings is 1. The number of hydrogen-bond acceptors (Lipinski definition) is 11. The SMILES string of the molecule is COc1ccc(N(c2cnc3cc(-c4cncc5c4OCC5)cc(F)c3c2Nc2cc(C(=O)O)cc(N3CCN(C4COC4)CC3)c2)S(=O)[O-])cc1. The van der Waals surface area contributed by atoms with E-state index in [0.717, 1.165) is 23.0 Å². The molecule has 2 saturated heterocycles. The van der Waals surface area contributed by atoms with Crippen molar-refractivity contribution in [1.82, 2.24) is 14.9 Å². The lowest BCUT2D eigenvalue weighted by molar-refractivity contribution is -0.0660. The Morgan fingerprint density at radius 2 is 1.87 bits per heavy atom. The summed E-state index contributed by atoms with van der Waals surface area (Å²) in [5.41, 5.74) is 3.59.